The van der Waals surface area contributed by atoms with Gasteiger partial charge in [0.1, 0.15) is 0 Å². The lowest BCUT2D eigenvalue weighted by Gasteiger charge is -2.25. The Balaban J connectivity index is 3.15. The minimum atomic E-state index is -3.79. The van der Waals surface area contributed by atoms with Crippen LogP contribution < -0.4 is 16.2 Å². The van der Waals surface area contributed by atoms with Gasteiger partial charge in [0.2, 0.25) is 10.0 Å². The quantitative estimate of drug-likeness (QED) is 0.572. The third kappa shape index (κ3) is 3.88. The summed E-state index contributed by atoms with van der Waals surface area (Å²) in [6, 6.07) is 4.24. The summed E-state index contributed by atoms with van der Waals surface area (Å²) in [5, 5.41) is 17.1. The van der Waals surface area contributed by atoms with Gasteiger partial charge in [0, 0.05) is 11.4 Å². The van der Waals surface area contributed by atoms with Crippen molar-refractivity contribution >= 4 is 21.4 Å². The van der Waals surface area contributed by atoms with Crippen LogP contribution in [0.1, 0.15) is 13.8 Å². The van der Waals surface area contributed by atoms with E-state index in [1.165, 1.54) is 12.1 Å². The van der Waals surface area contributed by atoms with Crippen LogP contribution in [0.25, 0.3) is 0 Å². The molecule has 0 bridgehead atoms. The predicted molar refractivity (Wildman–Crippen MR) is 67.0 cm³/mol. The molecule has 0 aliphatic rings. The molecule has 6 nitrogen and oxygen atoms in total. The van der Waals surface area contributed by atoms with Crippen LogP contribution in [0.15, 0.2) is 23.1 Å². The van der Waals surface area contributed by atoms with Crippen molar-refractivity contribution in [1.29, 1.82) is 0 Å². The highest BCUT2D eigenvalue weighted by atomic mass is 32.2. The molecule has 0 aliphatic heterocycles. The highest BCUT2D eigenvalue weighted by Crippen LogP contribution is 2.22. The van der Waals surface area contributed by atoms with Crippen LogP contribution in [0.3, 0.4) is 0 Å². The standard InChI is InChI=1S/C10H17N3O3S/c1-10(2,6-14)13-8-3-7(11)4-9(5-8)17(12,15)16/h3-5,13-14H,6,11H2,1-2H3,(H2,12,15,16). The van der Waals surface area contributed by atoms with Crippen molar-refractivity contribution in [2.75, 3.05) is 17.7 Å². The monoisotopic (exact) mass is 259 g/mol. The van der Waals surface area contributed by atoms with E-state index in [0.29, 0.717) is 5.69 Å². The maximum atomic E-state index is 11.2. The molecule has 1 aromatic carbocycles. The van der Waals surface area contributed by atoms with Crippen molar-refractivity contribution in [2.45, 2.75) is 24.3 Å². The second kappa shape index (κ2) is 4.52. The first-order valence-electron chi connectivity index (χ1n) is 4.96. The Kier molecular flexibility index (Phi) is 3.65. The average Bonchev–Trinajstić information content (AvgIpc) is 2.14. The van der Waals surface area contributed by atoms with Gasteiger partial charge in [-0.2, -0.15) is 0 Å². The number of nitrogen functional groups attached to an aromatic ring is 1. The van der Waals surface area contributed by atoms with Crippen molar-refractivity contribution in [3.05, 3.63) is 18.2 Å². The molecule has 1 rings (SSSR count). The Labute approximate surface area is 101 Å². The van der Waals surface area contributed by atoms with Crippen LogP contribution in [-0.4, -0.2) is 25.7 Å². The summed E-state index contributed by atoms with van der Waals surface area (Å²) in [6.45, 7) is 3.44. The molecule has 0 aromatic heterocycles. The zero-order valence-electron chi connectivity index (χ0n) is 9.77. The van der Waals surface area contributed by atoms with E-state index in [1.807, 2.05) is 0 Å². The lowest BCUT2D eigenvalue weighted by Crippen LogP contribution is -2.35. The number of aliphatic hydroxyl groups is 1. The highest BCUT2D eigenvalue weighted by Gasteiger charge is 2.17. The van der Waals surface area contributed by atoms with Crippen LogP contribution in [0.5, 0.6) is 0 Å². The molecule has 6 N–H and O–H groups in total. The first kappa shape index (κ1) is 13.8. The summed E-state index contributed by atoms with van der Waals surface area (Å²) < 4.78 is 22.4. The second-order valence-corrected chi connectivity index (χ2v) is 6.06. The van der Waals surface area contributed by atoms with E-state index < -0.39 is 15.6 Å². The molecule has 0 saturated carbocycles. The SMILES string of the molecule is CC(C)(CO)Nc1cc(N)cc(S(N)(=O)=O)c1. The van der Waals surface area contributed by atoms with Crippen molar-refractivity contribution in [3.8, 4) is 0 Å². The van der Waals surface area contributed by atoms with Gasteiger partial charge in [-0.05, 0) is 32.0 Å². The molecule has 0 fully saturated rings. The summed E-state index contributed by atoms with van der Waals surface area (Å²) in [7, 11) is -3.79. The molecule has 0 heterocycles. The van der Waals surface area contributed by atoms with Crippen molar-refractivity contribution in [2.24, 2.45) is 5.14 Å². The number of rotatable bonds is 4. The van der Waals surface area contributed by atoms with E-state index in [4.69, 9.17) is 16.0 Å². The van der Waals surface area contributed by atoms with Crippen LogP contribution >= 0.6 is 0 Å². The number of hydrogen-bond acceptors (Lipinski definition) is 5. The first-order chi connectivity index (χ1) is 7.64. The summed E-state index contributed by atoms with van der Waals surface area (Å²) >= 11 is 0. The Morgan fingerprint density at radius 1 is 1.35 bits per heavy atom. The van der Waals surface area contributed by atoms with Gasteiger partial charge in [-0.1, -0.05) is 0 Å². The van der Waals surface area contributed by atoms with Gasteiger partial charge < -0.3 is 16.2 Å². The van der Waals surface area contributed by atoms with Crippen LogP contribution in [0.4, 0.5) is 11.4 Å². The number of nitrogens with one attached hydrogen (secondary N) is 1. The van der Waals surface area contributed by atoms with E-state index in [0.717, 1.165) is 0 Å². The van der Waals surface area contributed by atoms with Crippen LogP contribution in [0.2, 0.25) is 0 Å². The molecule has 0 aliphatic carbocycles. The minimum Gasteiger partial charge on any atom is -0.399 e. The Morgan fingerprint density at radius 2 is 1.94 bits per heavy atom. The molecule has 0 amide bonds. The van der Waals surface area contributed by atoms with Gasteiger partial charge in [-0.25, -0.2) is 13.6 Å². The number of aliphatic hydroxyl groups excluding tert-OH is 1. The van der Waals surface area contributed by atoms with E-state index in [9.17, 15) is 8.42 Å². The van der Waals surface area contributed by atoms with Gasteiger partial charge in [0.15, 0.2) is 0 Å². The molecular weight excluding hydrogens is 242 g/mol. The van der Waals surface area contributed by atoms with Gasteiger partial charge in [-0.15, -0.1) is 0 Å². The van der Waals surface area contributed by atoms with E-state index in [1.54, 1.807) is 19.9 Å². The molecular formula is C10H17N3O3S. The molecule has 0 radical (unpaired) electrons. The third-order valence-electron chi connectivity index (χ3n) is 2.14. The van der Waals surface area contributed by atoms with Gasteiger partial charge in [-0.3, -0.25) is 0 Å². The van der Waals surface area contributed by atoms with Crippen LogP contribution in [0, 0.1) is 0 Å². The molecule has 17 heavy (non-hydrogen) atoms. The largest absolute Gasteiger partial charge is 0.399 e. The number of nitrogens with two attached hydrogens (primary N) is 2. The molecule has 0 atom stereocenters. The molecule has 1 aromatic rings. The summed E-state index contributed by atoms with van der Waals surface area (Å²) in [5.74, 6) is 0. The number of primary sulfonamides is 1. The van der Waals surface area contributed by atoms with Crippen molar-refractivity contribution < 1.29 is 13.5 Å². The fourth-order valence-electron chi connectivity index (χ4n) is 1.29. The number of hydrogen-bond donors (Lipinski definition) is 4. The van der Waals surface area contributed by atoms with Crippen molar-refractivity contribution in [3.63, 3.8) is 0 Å². The predicted octanol–water partition coefficient (Wildman–Crippen LogP) is 0.0990. The number of anilines is 2. The topological polar surface area (TPSA) is 118 Å². The summed E-state index contributed by atoms with van der Waals surface area (Å²) in [6.07, 6.45) is 0. The van der Waals surface area contributed by atoms with Gasteiger partial charge in [0.05, 0.1) is 17.0 Å². The smallest absolute Gasteiger partial charge is 0.238 e. The third-order valence-corrected chi connectivity index (χ3v) is 3.03. The summed E-state index contributed by atoms with van der Waals surface area (Å²) in [4.78, 5) is -0.0614. The zero-order chi connectivity index (χ0) is 13.3. The Hall–Kier alpha value is -1.31. The first-order valence-corrected chi connectivity index (χ1v) is 6.51. The fourth-order valence-corrected chi connectivity index (χ4v) is 1.88. The number of benzene rings is 1. The zero-order valence-corrected chi connectivity index (χ0v) is 10.6. The Bertz CT molecular complexity index is 512. The van der Waals surface area contributed by atoms with E-state index in [-0.39, 0.29) is 17.2 Å². The molecule has 0 unspecified atom stereocenters. The molecule has 0 spiro atoms. The normalized spacial score (nSPS) is 12.5. The summed E-state index contributed by atoms with van der Waals surface area (Å²) in [5.41, 5.74) is 5.79. The minimum absolute atomic E-state index is 0.0614. The fraction of sp³-hybridized carbons (Fsp3) is 0.400. The van der Waals surface area contributed by atoms with Crippen LogP contribution in [-0.2, 0) is 10.0 Å². The second-order valence-electron chi connectivity index (χ2n) is 4.50. The lowest BCUT2D eigenvalue weighted by atomic mass is 10.1. The average molecular weight is 259 g/mol. The van der Waals surface area contributed by atoms with Gasteiger partial charge >= 0.3 is 0 Å². The van der Waals surface area contributed by atoms with E-state index in [2.05, 4.69) is 5.32 Å². The Morgan fingerprint density at radius 3 is 2.41 bits per heavy atom. The van der Waals surface area contributed by atoms with E-state index >= 15 is 0 Å². The lowest BCUT2D eigenvalue weighted by molar-refractivity contribution is 0.234. The molecule has 7 heteroatoms. The number of sulfonamides is 1. The molecule has 96 valence electrons. The van der Waals surface area contributed by atoms with Crippen molar-refractivity contribution in [1.82, 2.24) is 0 Å². The maximum Gasteiger partial charge on any atom is 0.238 e. The highest BCUT2D eigenvalue weighted by molar-refractivity contribution is 7.89. The molecule has 0 saturated heterocycles. The maximum absolute atomic E-state index is 11.2. The van der Waals surface area contributed by atoms with Gasteiger partial charge in [0.25, 0.3) is 0 Å².